The third-order valence-electron chi connectivity index (χ3n) is 4.62. The van der Waals surface area contributed by atoms with Crippen LogP contribution in [-0.4, -0.2) is 33.8 Å². The van der Waals surface area contributed by atoms with E-state index < -0.39 is 0 Å². The van der Waals surface area contributed by atoms with Crippen molar-refractivity contribution in [2.75, 3.05) is 32.6 Å². The molecule has 1 aliphatic rings. The lowest BCUT2D eigenvalue weighted by molar-refractivity contribution is 0.225. The Morgan fingerprint density at radius 3 is 2.85 bits per heavy atom. The van der Waals surface area contributed by atoms with Gasteiger partial charge in [0.05, 0.1) is 7.11 Å². The van der Waals surface area contributed by atoms with Gasteiger partial charge in [-0.25, -0.2) is 0 Å². The first-order chi connectivity index (χ1) is 9.63. The molecule has 3 heteroatoms. The predicted molar refractivity (Wildman–Crippen MR) is 85.6 cm³/mol. The van der Waals surface area contributed by atoms with Crippen LogP contribution in [0.2, 0.25) is 0 Å². The minimum absolute atomic E-state index is 0.652. The lowest BCUT2D eigenvalue weighted by atomic mass is 9.78. The number of ether oxygens (including phenoxy) is 1. The highest BCUT2D eigenvalue weighted by Crippen LogP contribution is 2.30. The van der Waals surface area contributed by atoms with Crippen LogP contribution in [0.3, 0.4) is 0 Å². The van der Waals surface area contributed by atoms with Gasteiger partial charge in [-0.05, 0) is 50.3 Å². The minimum atomic E-state index is 0.652. The van der Waals surface area contributed by atoms with Crippen LogP contribution < -0.4 is 15.0 Å². The maximum atomic E-state index is 5.32. The largest absolute Gasteiger partial charge is 0.497 e. The number of anilines is 1. The monoisotopic (exact) mass is 276 g/mol. The van der Waals surface area contributed by atoms with E-state index in [1.807, 2.05) is 6.07 Å². The van der Waals surface area contributed by atoms with Crippen molar-refractivity contribution in [2.45, 2.75) is 32.2 Å². The molecule has 0 radical (unpaired) electrons. The zero-order valence-corrected chi connectivity index (χ0v) is 13.2. The number of nitrogens with zero attached hydrogens (tertiary/aromatic N) is 1. The van der Waals surface area contributed by atoms with Crippen molar-refractivity contribution in [3.8, 4) is 5.75 Å². The van der Waals surface area contributed by atoms with Crippen LogP contribution >= 0.6 is 0 Å². The number of hydrogen-bond acceptors (Lipinski definition) is 3. The fraction of sp³-hybridized carbons (Fsp3) is 0.647. The molecule has 0 aromatic heterocycles. The molecule has 1 aromatic rings. The maximum absolute atomic E-state index is 5.32. The smallest absolute Gasteiger partial charge is 0.120 e. The molecule has 1 aliphatic carbocycles. The van der Waals surface area contributed by atoms with Crippen LogP contribution in [0, 0.1) is 11.8 Å². The van der Waals surface area contributed by atoms with Crippen molar-refractivity contribution in [2.24, 2.45) is 11.8 Å². The fourth-order valence-electron chi connectivity index (χ4n) is 3.39. The van der Waals surface area contributed by atoms with Gasteiger partial charge in [-0.15, -0.1) is 0 Å². The topological polar surface area (TPSA) is 24.5 Å². The highest BCUT2D eigenvalue weighted by Gasteiger charge is 2.28. The summed E-state index contributed by atoms with van der Waals surface area (Å²) >= 11 is 0. The number of benzene rings is 1. The normalized spacial score (nSPS) is 26.3. The molecule has 2 rings (SSSR count). The van der Waals surface area contributed by atoms with E-state index in [4.69, 9.17) is 4.74 Å². The molecule has 1 saturated carbocycles. The Morgan fingerprint density at radius 2 is 2.15 bits per heavy atom. The lowest BCUT2D eigenvalue weighted by Gasteiger charge is -2.37. The summed E-state index contributed by atoms with van der Waals surface area (Å²) in [4.78, 5) is 2.36. The minimum Gasteiger partial charge on any atom is -0.497 e. The maximum Gasteiger partial charge on any atom is 0.120 e. The molecule has 3 atom stereocenters. The van der Waals surface area contributed by atoms with E-state index in [9.17, 15) is 0 Å². The van der Waals surface area contributed by atoms with Crippen LogP contribution in [0.25, 0.3) is 0 Å². The molecule has 3 nitrogen and oxygen atoms in total. The van der Waals surface area contributed by atoms with Crippen LogP contribution in [0.5, 0.6) is 5.75 Å². The quantitative estimate of drug-likeness (QED) is 0.894. The van der Waals surface area contributed by atoms with Crippen molar-refractivity contribution in [1.82, 2.24) is 5.32 Å². The van der Waals surface area contributed by atoms with Crippen molar-refractivity contribution in [3.05, 3.63) is 24.3 Å². The Balaban J connectivity index is 2.03. The SMILES string of the molecule is CNC1CCC(C)CC1CN(C)c1cccc(OC)c1. The molecule has 3 unspecified atom stereocenters. The number of methoxy groups -OCH3 is 1. The van der Waals surface area contributed by atoms with Crippen LogP contribution in [-0.2, 0) is 0 Å². The first-order valence-electron chi connectivity index (χ1n) is 7.66. The fourth-order valence-corrected chi connectivity index (χ4v) is 3.39. The average molecular weight is 276 g/mol. The lowest BCUT2D eigenvalue weighted by Crippen LogP contribution is -2.43. The first-order valence-corrected chi connectivity index (χ1v) is 7.66. The van der Waals surface area contributed by atoms with E-state index in [0.29, 0.717) is 6.04 Å². The highest BCUT2D eigenvalue weighted by atomic mass is 16.5. The second-order valence-electron chi connectivity index (χ2n) is 6.16. The molecule has 0 saturated heterocycles. The summed E-state index contributed by atoms with van der Waals surface area (Å²) < 4.78 is 5.32. The van der Waals surface area contributed by atoms with Gasteiger partial charge in [0.2, 0.25) is 0 Å². The van der Waals surface area contributed by atoms with Crippen molar-refractivity contribution < 1.29 is 4.74 Å². The summed E-state index contributed by atoms with van der Waals surface area (Å²) in [6.45, 7) is 3.48. The Bertz CT molecular complexity index is 421. The molecule has 1 N–H and O–H groups in total. The molecule has 1 fully saturated rings. The molecule has 0 amide bonds. The van der Waals surface area contributed by atoms with Gasteiger partial charge in [0, 0.05) is 31.4 Å². The molecule has 112 valence electrons. The molecule has 0 aliphatic heterocycles. The van der Waals surface area contributed by atoms with Gasteiger partial charge in [-0.2, -0.15) is 0 Å². The standard InChI is InChI=1S/C17H28N2O/c1-13-8-9-17(18-2)14(10-13)12-19(3)15-6-5-7-16(11-15)20-4/h5-7,11,13-14,17-18H,8-10,12H2,1-4H3. The van der Waals surface area contributed by atoms with E-state index in [1.54, 1.807) is 7.11 Å². The van der Waals surface area contributed by atoms with E-state index in [1.165, 1.54) is 24.9 Å². The summed E-state index contributed by atoms with van der Waals surface area (Å²) in [6.07, 6.45) is 3.97. The number of nitrogens with one attached hydrogen (secondary N) is 1. The Hall–Kier alpha value is -1.22. The second kappa shape index (κ2) is 6.98. The van der Waals surface area contributed by atoms with Gasteiger partial charge >= 0.3 is 0 Å². The van der Waals surface area contributed by atoms with Gasteiger partial charge in [0.25, 0.3) is 0 Å². The summed E-state index contributed by atoms with van der Waals surface area (Å²) in [5.41, 5.74) is 1.23. The first kappa shape index (κ1) is 15.2. The second-order valence-corrected chi connectivity index (χ2v) is 6.16. The van der Waals surface area contributed by atoms with Crippen molar-refractivity contribution >= 4 is 5.69 Å². The number of hydrogen-bond donors (Lipinski definition) is 1. The van der Waals surface area contributed by atoms with E-state index in [0.717, 1.165) is 24.1 Å². The van der Waals surface area contributed by atoms with E-state index in [-0.39, 0.29) is 0 Å². The average Bonchev–Trinajstić information content (AvgIpc) is 2.47. The zero-order chi connectivity index (χ0) is 14.5. The van der Waals surface area contributed by atoms with Crippen molar-refractivity contribution in [1.29, 1.82) is 0 Å². The summed E-state index contributed by atoms with van der Waals surface area (Å²) in [5, 5.41) is 3.50. The summed E-state index contributed by atoms with van der Waals surface area (Å²) in [5.74, 6) is 2.50. The molecule has 20 heavy (non-hydrogen) atoms. The molecular weight excluding hydrogens is 248 g/mol. The van der Waals surface area contributed by atoms with Gasteiger partial charge < -0.3 is 15.0 Å². The van der Waals surface area contributed by atoms with Gasteiger partial charge in [0.15, 0.2) is 0 Å². The third-order valence-corrected chi connectivity index (χ3v) is 4.62. The zero-order valence-electron chi connectivity index (χ0n) is 13.2. The number of rotatable bonds is 5. The molecule has 0 spiro atoms. The highest BCUT2D eigenvalue weighted by molar-refractivity contribution is 5.50. The Morgan fingerprint density at radius 1 is 1.35 bits per heavy atom. The molecule has 0 bridgehead atoms. The summed E-state index contributed by atoms with van der Waals surface area (Å²) in [6, 6.07) is 8.98. The van der Waals surface area contributed by atoms with Crippen LogP contribution in [0.4, 0.5) is 5.69 Å². The van der Waals surface area contributed by atoms with Gasteiger partial charge in [-0.1, -0.05) is 13.0 Å². The van der Waals surface area contributed by atoms with Gasteiger partial charge in [-0.3, -0.25) is 0 Å². The summed E-state index contributed by atoms with van der Waals surface area (Å²) in [7, 11) is 6.00. The molecule has 0 heterocycles. The Labute approximate surface area is 123 Å². The molecule has 1 aromatic carbocycles. The Kier molecular flexibility index (Phi) is 5.30. The van der Waals surface area contributed by atoms with Gasteiger partial charge in [0.1, 0.15) is 5.75 Å². The predicted octanol–water partition coefficient (Wildman–Crippen LogP) is 3.16. The van der Waals surface area contributed by atoms with E-state index >= 15 is 0 Å². The van der Waals surface area contributed by atoms with Crippen LogP contribution in [0.1, 0.15) is 26.2 Å². The van der Waals surface area contributed by atoms with E-state index in [2.05, 4.69) is 49.4 Å². The van der Waals surface area contributed by atoms with Crippen molar-refractivity contribution in [3.63, 3.8) is 0 Å². The van der Waals surface area contributed by atoms with Crippen LogP contribution in [0.15, 0.2) is 24.3 Å². The molecular formula is C17H28N2O. The third kappa shape index (κ3) is 3.66.